The summed E-state index contributed by atoms with van der Waals surface area (Å²) in [6.07, 6.45) is -0.611. The summed E-state index contributed by atoms with van der Waals surface area (Å²) in [6.45, 7) is 7.93. The predicted molar refractivity (Wildman–Crippen MR) is 131 cm³/mol. The average molecular weight is 508 g/mol. The van der Waals surface area contributed by atoms with Crippen LogP contribution in [0, 0.1) is 19.7 Å². The first-order valence-corrected chi connectivity index (χ1v) is 12.5. The molecule has 190 valence electrons. The molecule has 0 spiro atoms. The van der Waals surface area contributed by atoms with Gasteiger partial charge < -0.3 is 14.8 Å². The number of hydrogen-bond acceptors (Lipinski definition) is 7. The maximum absolute atomic E-state index is 14.7. The zero-order valence-electron chi connectivity index (χ0n) is 20.6. The first kappa shape index (κ1) is 26.4. The number of amides is 1. The number of nitrogens with one attached hydrogen (secondary N) is 1. The standard InChI is InChI=1S/C24H30FN3O6S/c1-15-7-8-18(17(25)13-15)26-20-19(14-16(2)21(30)27(20)6)28(22(31)34-23(3,4)5)35(32,33)24(9-10-24)11-12-29/h7-8,12-14,26H,9-11H2,1-6H3. The van der Waals surface area contributed by atoms with Crippen LogP contribution >= 0.6 is 0 Å². The number of rotatable bonds is 7. The quantitative estimate of drug-likeness (QED) is 0.562. The highest BCUT2D eigenvalue weighted by Crippen LogP contribution is 2.49. The topological polar surface area (TPSA) is 115 Å². The van der Waals surface area contributed by atoms with Gasteiger partial charge in [0.2, 0.25) is 0 Å². The van der Waals surface area contributed by atoms with Crippen molar-refractivity contribution in [2.75, 3.05) is 9.62 Å². The van der Waals surface area contributed by atoms with Crippen LogP contribution in [0.4, 0.5) is 26.4 Å². The molecule has 11 heteroatoms. The van der Waals surface area contributed by atoms with Gasteiger partial charge >= 0.3 is 6.09 Å². The van der Waals surface area contributed by atoms with Crippen molar-refractivity contribution in [2.24, 2.45) is 7.05 Å². The summed E-state index contributed by atoms with van der Waals surface area (Å²) < 4.78 is 47.9. The molecule has 0 saturated heterocycles. The monoisotopic (exact) mass is 507 g/mol. The van der Waals surface area contributed by atoms with Crippen LogP contribution in [-0.4, -0.2) is 35.7 Å². The van der Waals surface area contributed by atoms with Crippen molar-refractivity contribution in [1.29, 1.82) is 0 Å². The maximum atomic E-state index is 14.7. The number of benzene rings is 1. The van der Waals surface area contributed by atoms with E-state index in [1.165, 1.54) is 32.2 Å². The number of hydrogen-bond donors (Lipinski definition) is 1. The van der Waals surface area contributed by atoms with Gasteiger partial charge in [0.25, 0.3) is 15.6 Å². The Balaban J connectivity index is 2.29. The van der Waals surface area contributed by atoms with Gasteiger partial charge in [-0.2, -0.15) is 4.31 Å². The van der Waals surface area contributed by atoms with Crippen molar-refractivity contribution in [1.82, 2.24) is 4.57 Å². The number of halogens is 1. The summed E-state index contributed by atoms with van der Waals surface area (Å²) in [5.74, 6) is -0.755. The molecule has 2 aromatic rings. The third-order valence-corrected chi connectivity index (χ3v) is 8.28. The van der Waals surface area contributed by atoms with Gasteiger partial charge in [-0.25, -0.2) is 17.6 Å². The van der Waals surface area contributed by atoms with Crippen LogP contribution in [0.5, 0.6) is 0 Å². The Morgan fingerprint density at radius 2 is 1.89 bits per heavy atom. The van der Waals surface area contributed by atoms with Crippen molar-refractivity contribution < 1.29 is 27.1 Å². The Labute approximate surface area is 203 Å². The van der Waals surface area contributed by atoms with Crippen molar-refractivity contribution in [3.63, 3.8) is 0 Å². The number of anilines is 3. The molecule has 0 radical (unpaired) electrons. The van der Waals surface area contributed by atoms with Gasteiger partial charge in [0.05, 0.1) is 10.4 Å². The number of aromatic nitrogens is 1. The number of ether oxygens (including phenoxy) is 1. The maximum Gasteiger partial charge on any atom is 0.429 e. The van der Waals surface area contributed by atoms with Crippen molar-refractivity contribution in [3.05, 3.63) is 51.6 Å². The summed E-state index contributed by atoms with van der Waals surface area (Å²) >= 11 is 0. The second-order valence-electron chi connectivity index (χ2n) is 9.84. The molecule has 1 aromatic heterocycles. The van der Waals surface area contributed by atoms with Gasteiger partial charge in [-0.3, -0.25) is 9.36 Å². The van der Waals surface area contributed by atoms with Crippen LogP contribution in [0.3, 0.4) is 0 Å². The molecule has 3 rings (SSSR count). The average Bonchev–Trinajstić information content (AvgIpc) is 3.51. The summed E-state index contributed by atoms with van der Waals surface area (Å²) in [4.78, 5) is 37.4. The smallest absolute Gasteiger partial charge is 0.429 e. The number of aryl methyl sites for hydroxylation is 2. The third kappa shape index (κ3) is 5.09. The molecular formula is C24H30FN3O6S. The minimum absolute atomic E-state index is 0.0220. The van der Waals surface area contributed by atoms with E-state index in [0.717, 1.165) is 4.57 Å². The van der Waals surface area contributed by atoms with E-state index >= 15 is 0 Å². The summed E-state index contributed by atoms with van der Waals surface area (Å²) in [7, 11) is -3.10. The molecular weight excluding hydrogens is 477 g/mol. The largest absolute Gasteiger partial charge is 0.443 e. The lowest BCUT2D eigenvalue weighted by Gasteiger charge is -2.31. The second-order valence-corrected chi connectivity index (χ2v) is 12.0. The lowest BCUT2D eigenvalue weighted by atomic mass is 10.2. The molecule has 0 atom stereocenters. The highest BCUT2D eigenvalue weighted by atomic mass is 32.2. The van der Waals surface area contributed by atoms with E-state index in [1.54, 1.807) is 33.8 Å². The van der Waals surface area contributed by atoms with Gasteiger partial charge in [-0.05, 0) is 71.2 Å². The molecule has 1 fully saturated rings. The summed E-state index contributed by atoms with van der Waals surface area (Å²) in [5.41, 5.74) is -0.935. The number of carbonyl (C=O) groups excluding carboxylic acids is 2. The van der Waals surface area contributed by atoms with Gasteiger partial charge in [-0.15, -0.1) is 0 Å². The highest BCUT2D eigenvalue weighted by molar-refractivity contribution is 7.95. The predicted octanol–water partition coefficient (Wildman–Crippen LogP) is 4.08. The summed E-state index contributed by atoms with van der Waals surface area (Å²) in [6, 6.07) is 5.61. The van der Waals surface area contributed by atoms with Crippen LogP contribution in [0.1, 0.15) is 51.2 Å². The minimum atomic E-state index is -4.48. The molecule has 1 N–H and O–H groups in total. The number of sulfonamides is 1. The third-order valence-electron chi connectivity index (χ3n) is 5.78. The molecule has 1 amide bonds. The van der Waals surface area contributed by atoms with Crippen molar-refractivity contribution in [2.45, 2.75) is 64.2 Å². The normalized spacial score (nSPS) is 14.8. The van der Waals surface area contributed by atoms with E-state index in [2.05, 4.69) is 5.32 Å². The van der Waals surface area contributed by atoms with Gasteiger partial charge in [0.1, 0.15) is 29.2 Å². The fourth-order valence-corrected chi connectivity index (χ4v) is 5.62. The van der Waals surface area contributed by atoms with E-state index < -0.39 is 37.8 Å². The Hall–Kier alpha value is -3.21. The first-order valence-electron chi connectivity index (χ1n) is 11.1. The van der Waals surface area contributed by atoms with E-state index in [0.29, 0.717) is 16.2 Å². The molecule has 9 nitrogen and oxygen atoms in total. The number of carbonyl (C=O) groups is 2. The number of aldehydes is 1. The Morgan fingerprint density at radius 3 is 2.40 bits per heavy atom. The lowest BCUT2D eigenvalue weighted by molar-refractivity contribution is -0.108. The van der Waals surface area contributed by atoms with Crippen LogP contribution in [-0.2, 0) is 26.6 Å². The Morgan fingerprint density at radius 1 is 1.26 bits per heavy atom. The zero-order valence-corrected chi connectivity index (χ0v) is 21.5. The molecule has 35 heavy (non-hydrogen) atoms. The molecule has 0 aliphatic heterocycles. The van der Waals surface area contributed by atoms with E-state index in [9.17, 15) is 27.2 Å². The fourth-order valence-electron chi connectivity index (χ4n) is 3.71. The lowest BCUT2D eigenvalue weighted by Crippen LogP contribution is -2.47. The van der Waals surface area contributed by atoms with Crippen LogP contribution in [0.2, 0.25) is 0 Å². The van der Waals surface area contributed by atoms with Crippen molar-refractivity contribution in [3.8, 4) is 0 Å². The minimum Gasteiger partial charge on any atom is -0.443 e. The first-order chi connectivity index (χ1) is 16.1. The number of nitrogens with zero attached hydrogens (tertiary/aromatic N) is 2. The van der Waals surface area contributed by atoms with Crippen LogP contribution in [0.15, 0.2) is 29.1 Å². The molecule has 1 aliphatic rings. The molecule has 0 unspecified atom stereocenters. The van der Waals surface area contributed by atoms with Gasteiger partial charge in [-0.1, -0.05) is 6.07 Å². The highest BCUT2D eigenvalue weighted by Gasteiger charge is 2.59. The molecule has 1 heterocycles. The van der Waals surface area contributed by atoms with E-state index in [1.807, 2.05) is 0 Å². The van der Waals surface area contributed by atoms with Crippen LogP contribution < -0.4 is 15.2 Å². The SMILES string of the molecule is Cc1ccc(Nc2c(N(C(=O)OC(C)(C)C)S(=O)(=O)C3(CC=O)CC3)cc(C)c(=O)n2C)c(F)c1. The molecule has 0 bridgehead atoms. The fraction of sp³-hybridized carbons (Fsp3) is 0.458. The van der Waals surface area contributed by atoms with Crippen LogP contribution in [0.25, 0.3) is 0 Å². The number of pyridine rings is 1. The van der Waals surface area contributed by atoms with E-state index in [-0.39, 0.29) is 42.0 Å². The van der Waals surface area contributed by atoms with Gasteiger partial charge in [0.15, 0.2) is 0 Å². The zero-order chi connectivity index (χ0) is 26.3. The molecule has 1 aliphatic carbocycles. The Bertz CT molecular complexity index is 1340. The second kappa shape index (κ2) is 9.10. The Kier molecular flexibility index (Phi) is 6.86. The van der Waals surface area contributed by atoms with Crippen molar-refractivity contribution >= 4 is 39.6 Å². The molecule has 1 aromatic carbocycles. The molecule has 1 saturated carbocycles. The van der Waals surface area contributed by atoms with E-state index in [4.69, 9.17) is 4.74 Å². The summed E-state index contributed by atoms with van der Waals surface area (Å²) in [5, 5.41) is 2.78. The van der Waals surface area contributed by atoms with Gasteiger partial charge in [0, 0.05) is 19.0 Å².